The second-order valence-corrected chi connectivity index (χ2v) is 7.04. The molecule has 24 heavy (non-hydrogen) atoms. The molecule has 2 fully saturated rings. The molecule has 1 unspecified atom stereocenters. The number of carbonyl (C=O) groups is 1. The first-order chi connectivity index (χ1) is 11.7. The minimum absolute atomic E-state index is 0.0182. The molecule has 1 atom stereocenters. The van der Waals surface area contributed by atoms with Crippen molar-refractivity contribution in [2.75, 3.05) is 41.9 Å². The average molecular weight is 366 g/mol. The normalized spacial score (nSPS) is 21.5. The SMILES string of the molecule is O=C1CSC(c2ccc(Cl)cc2)N1c1nc(N2CCOCC2)n[nH]1. The molecule has 2 saturated heterocycles. The summed E-state index contributed by atoms with van der Waals surface area (Å²) in [5.41, 5.74) is 1.01. The van der Waals surface area contributed by atoms with E-state index in [1.807, 2.05) is 24.3 Å². The van der Waals surface area contributed by atoms with Crippen LogP contribution in [0.2, 0.25) is 5.02 Å². The fourth-order valence-corrected chi connectivity index (χ4v) is 4.07. The number of anilines is 2. The van der Waals surface area contributed by atoms with Gasteiger partial charge in [0.05, 0.1) is 19.0 Å². The van der Waals surface area contributed by atoms with Gasteiger partial charge in [-0.15, -0.1) is 16.9 Å². The number of morpholine rings is 1. The first-order valence-electron chi connectivity index (χ1n) is 7.66. The number of halogens is 1. The number of H-pyrrole nitrogens is 1. The number of benzene rings is 1. The highest BCUT2D eigenvalue weighted by Crippen LogP contribution is 2.41. The van der Waals surface area contributed by atoms with Gasteiger partial charge in [0, 0.05) is 18.1 Å². The number of rotatable bonds is 3. The number of hydrogen-bond acceptors (Lipinski definition) is 6. The van der Waals surface area contributed by atoms with Gasteiger partial charge >= 0.3 is 0 Å². The van der Waals surface area contributed by atoms with Crippen LogP contribution < -0.4 is 9.80 Å². The van der Waals surface area contributed by atoms with E-state index in [0.29, 0.717) is 35.9 Å². The van der Waals surface area contributed by atoms with Crippen molar-refractivity contribution in [3.63, 3.8) is 0 Å². The second kappa shape index (κ2) is 6.62. The molecule has 1 amide bonds. The van der Waals surface area contributed by atoms with Crippen molar-refractivity contribution in [1.29, 1.82) is 0 Å². The van der Waals surface area contributed by atoms with Crippen LogP contribution in [0.3, 0.4) is 0 Å². The van der Waals surface area contributed by atoms with E-state index in [4.69, 9.17) is 16.3 Å². The third-order valence-electron chi connectivity index (χ3n) is 4.01. The fraction of sp³-hybridized carbons (Fsp3) is 0.400. The molecule has 2 aliphatic rings. The summed E-state index contributed by atoms with van der Waals surface area (Å²) in [4.78, 5) is 20.6. The van der Waals surface area contributed by atoms with Gasteiger partial charge in [0.15, 0.2) is 0 Å². The number of thioether (sulfide) groups is 1. The molecule has 126 valence electrons. The Labute approximate surface area is 148 Å². The molecular weight excluding hydrogens is 350 g/mol. The largest absolute Gasteiger partial charge is 0.378 e. The molecule has 0 radical (unpaired) electrons. The van der Waals surface area contributed by atoms with Crippen molar-refractivity contribution < 1.29 is 9.53 Å². The van der Waals surface area contributed by atoms with Gasteiger partial charge in [-0.05, 0) is 17.7 Å². The molecule has 3 heterocycles. The van der Waals surface area contributed by atoms with Gasteiger partial charge in [-0.3, -0.25) is 9.69 Å². The van der Waals surface area contributed by atoms with Crippen molar-refractivity contribution in [3.8, 4) is 0 Å². The van der Waals surface area contributed by atoms with E-state index in [-0.39, 0.29) is 11.3 Å². The summed E-state index contributed by atoms with van der Waals surface area (Å²) in [5, 5.41) is 7.73. The van der Waals surface area contributed by atoms with Crippen LogP contribution in [0.15, 0.2) is 24.3 Å². The van der Waals surface area contributed by atoms with Crippen molar-refractivity contribution >= 4 is 41.2 Å². The lowest BCUT2D eigenvalue weighted by atomic mass is 10.2. The summed E-state index contributed by atoms with van der Waals surface area (Å²) in [6, 6.07) is 7.53. The van der Waals surface area contributed by atoms with E-state index in [1.54, 1.807) is 16.7 Å². The molecule has 2 aliphatic heterocycles. The van der Waals surface area contributed by atoms with Crippen LogP contribution in [0.4, 0.5) is 11.9 Å². The number of aromatic nitrogens is 3. The van der Waals surface area contributed by atoms with E-state index < -0.39 is 0 Å². The van der Waals surface area contributed by atoms with Crippen molar-refractivity contribution in [3.05, 3.63) is 34.9 Å². The maximum absolute atomic E-state index is 12.4. The van der Waals surface area contributed by atoms with Crippen LogP contribution in [-0.2, 0) is 9.53 Å². The van der Waals surface area contributed by atoms with Crippen molar-refractivity contribution in [2.24, 2.45) is 0 Å². The topological polar surface area (TPSA) is 74.3 Å². The third kappa shape index (κ3) is 2.97. The highest BCUT2D eigenvalue weighted by atomic mass is 35.5. The van der Waals surface area contributed by atoms with E-state index in [2.05, 4.69) is 20.1 Å². The first kappa shape index (κ1) is 15.7. The van der Waals surface area contributed by atoms with Gasteiger partial charge in [-0.1, -0.05) is 23.7 Å². The van der Waals surface area contributed by atoms with Crippen LogP contribution in [0, 0.1) is 0 Å². The molecule has 0 aliphatic carbocycles. The molecule has 7 nitrogen and oxygen atoms in total. The predicted octanol–water partition coefficient (Wildman–Crippen LogP) is 2.07. The molecule has 1 N–H and O–H groups in total. The fourth-order valence-electron chi connectivity index (χ4n) is 2.78. The van der Waals surface area contributed by atoms with Gasteiger partial charge in [0.25, 0.3) is 0 Å². The van der Waals surface area contributed by atoms with Gasteiger partial charge < -0.3 is 9.64 Å². The highest BCUT2D eigenvalue weighted by Gasteiger charge is 2.36. The zero-order chi connectivity index (χ0) is 16.5. The smallest absolute Gasteiger partial charge is 0.246 e. The quantitative estimate of drug-likeness (QED) is 0.897. The Balaban J connectivity index is 1.60. The minimum Gasteiger partial charge on any atom is -0.378 e. The molecule has 0 saturated carbocycles. The first-order valence-corrected chi connectivity index (χ1v) is 9.09. The molecule has 1 aromatic heterocycles. The standard InChI is InChI=1S/C15H16ClN5O2S/c16-11-3-1-10(2-4-11)13-21(12(22)9-24-13)15-17-14(18-19-15)20-5-7-23-8-6-20/h1-4,13H,5-9H2,(H,17,18,19). The molecule has 0 spiro atoms. The van der Waals surface area contributed by atoms with Gasteiger partial charge in [0.2, 0.25) is 17.8 Å². The van der Waals surface area contributed by atoms with Gasteiger partial charge in [-0.25, -0.2) is 5.10 Å². The van der Waals surface area contributed by atoms with Crippen LogP contribution in [0.5, 0.6) is 0 Å². The lowest BCUT2D eigenvalue weighted by Gasteiger charge is -2.25. The van der Waals surface area contributed by atoms with Crippen molar-refractivity contribution in [2.45, 2.75) is 5.37 Å². The number of nitrogens with zero attached hydrogens (tertiary/aromatic N) is 4. The summed E-state index contributed by atoms with van der Waals surface area (Å²) in [7, 11) is 0. The van der Waals surface area contributed by atoms with E-state index in [0.717, 1.165) is 18.7 Å². The Morgan fingerprint density at radius 1 is 1.25 bits per heavy atom. The number of hydrogen-bond donors (Lipinski definition) is 1. The zero-order valence-corrected chi connectivity index (χ0v) is 14.4. The number of nitrogens with one attached hydrogen (secondary N) is 1. The number of amides is 1. The van der Waals surface area contributed by atoms with Crippen LogP contribution >= 0.6 is 23.4 Å². The monoisotopic (exact) mass is 365 g/mol. The molecule has 0 bridgehead atoms. The summed E-state index contributed by atoms with van der Waals surface area (Å²) in [5.74, 6) is 1.52. The Kier molecular flexibility index (Phi) is 4.34. The number of ether oxygens (including phenoxy) is 1. The van der Waals surface area contributed by atoms with Crippen LogP contribution in [0.25, 0.3) is 0 Å². The maximum atomic E-state index is 12.4. The molecule has 4 rings (SSSR count). The third-order valence-corrected chi connectivity index (χ3v) is 5.47. The Hall–Kier alpha value is -1.77. The Morgan fingerprint density at radius 3 is 2.75 bits per heavy atom. The van der Waals surface area contributed by atoms with Gasteiger partial charge in [-0.2, -0.15) is 4.98 Å². The maximum Gasteiger partial charge on any atom is 0.246 e. The molecule has 9 heteroatoms. The summed E-state index contributed by atoms with van der Waals surface area (Å²) in [6.45, 7) is 2.83. The van der Waals surface area contributed by atoms with E-state index >= 15 is 0 Å². The molecule has 2 aromatic rings. The average Bonchev–Trinajstić information content (AvgIpc) is 3.23. The number of carbonyl (C=O) groups excluding carboxylic acids is 1. The summed E-state index contributed by atoms with van der Waals surface area (Å²) in [6.07, 6.45) is 0. The predicted molar refractivity (Wildman–Crippen MR) is 93.6 cm³/mol. The van der Waals surface area contributed by atoms with Crippen LogP contribution in [-0.4, -0.2) is 53.1 Å². The zero-order valence-electron chi connectivity index (χ0n) is 12.8. The molecular formula is C15H16ClN5O2S. The Bertz CT molecular complexity index is 732. The summed E-state index contributed by atoms with van der Waals surface area (Å²) >= 11 is 7.53. The van der Waals surface area contributed by atoms with E-state index in [1.165, 1.54) is 0 Å². The molecule has 1 aromatic carbocycles. The van der Waals surface area contributed by atoms with Gasteiger partial charge in [0.1, 0.15) is 5.37 Å². The lowest BCUT2D eigenvalue weighted by Crippen LogP contribution is -2.37. The minimum atomic E-state index is -0.125. The lowest BCUT2D eigenvalue weighted by molar-refractivity contribution is -0.115. The Morgan fingerprint density at radius 2 is 2.00 bits per heavy atom. The summed E-state index contributed by atoms with van der Waals surface area (Å²) < 4.78 is 5.34. The number of aromatic amines is 1. The van der Waals surface area contributed by atoms with E-state index in [9.17, 15) is 4.79 Å². The van der Waals surface area contributed by atoms with Crippen LogP contribution in [0.1, 0.15) is 10.9 Å². The highest BCUT2D eigenvalue weighted by molar-refractivity contribution is 8.00. The second-order valence-electron chi connectivity index (χ2n) is 5.54. The van der Waals surface area contributed by atoms with Crippen molar-refractivity contribution in [1.82, 2.24) is 15.2 Å².